The SMILES string of the molecule is CCCN1C(=O)C(C)(C)Oc2ccc(C(=O)OC)cc21. The Balaban J connectivity index is 2.50. The molecule has 0 aliphatic carbocycles. The van der Waals surface area contributed by atoms with Crippen molar-refractivity contribution in [2.24, 2.45) is 0 Å². The number of fused-ring (bicyclic) bond motifs is 1. The van der Waals surface area contributed by atoms with Crippen LogP contribution in [0.4, 0.5) is 5.69 Å². The summed E-state index contributed by atoms with van der Waals surface area (Å²) in [5, 5.41) is 0. The van der Waals surface area contributed by atoms with Crippen molar-refractivity contribution in [3.63, 3.8) is 0 Å². The Morgan fingerprint density at radius 3 is 2.70 bits per heavy atom. The van der Waals surface area contributed by atoms with Gasteiger partial charge in [-0.2, -0.15) is 0 Å². The van der Waals surface area contributed by atoms with Gasteiger partial charge in [-0.3, -0.25) is 4.79 Å². The molecule has 0 fully saturated rings. The van der Waals surface area contributed by atoms with Gasteiger partial charge in [0.1, 0.15) is 5.75 Å². The molecule has 0 saturated heterocycles. The molecule has 1 heterocycles. The van der Waals surface area contributed by atoms with E-state index in [1.165, 1.54) is 7.11 Å². The van der Waals surface area contributed by atoms with Crippen LogP contribution in [0, 0.1) is 0 Å². The van der Waals surface area contributed by atoms with E-state index in [1.54, 1.807) is 36.9 Å². The molecule has 0 N–H and O–H groups in total. The van der Waals surface area contributed by atoms with Gasteiger partial charge in [0.25, 0.3) is 5.91 Å². The largest absolute Gasteiger partial charge is 0.476 e. The quantitative estimate of drug-likeness (QED) is 0.796. The van der Waals surface area contributed by atoms with Crippen LogP contribution in [0.3, 0.4) is 0 Å². The van der Waals surface area contributed by atoms with Crippen molar-refractivity contribution < 1.29 is 19.1 Å². The number of carbonyl (C=O) groups excluding carboxylic acids is 2. The third-order valence-corrected chi connectivity index (χ3v) is 3.24. The summed E-state index contributed by atoms with van der Waals surface area (Å²) in [5.74, 6) is 0.0751. The maximum Gasteiger partial charge on any atom is 0.337 e. The van der Waals surface area contributed by atoms with E-state index in [-0.39, 0.29) is 5.91 Å². The topological polar surface area (TPSA) is 55.8 Å². The summed E-state index contributed by atoms with van der Waals surface area (Å²) in [5.41, 5.74) is 0.136. The Kier molecular flexibility index (Phi) is 3.70. The molecule has 0 aromatic heterocycles. The van der Waals surface area contributed by atoms with Crippen molar-refractivity contribution in [1.82, 2.24) is 0 Å². The lowest BCUT2D eigenvalue weighted by Crippen LogP contribution is -2.52. The zero-order valence-electron chi connectivity index (χ0n) is 12.2. The molecule has 0 bridgehead atoms. The van der Waals surface area contributed by atoms with Crippen LogP contribution < -0.4 is 9.64 Å². The molecule has 0 atom stereocenters. The minimum absolute atomic E-state index is 0.103. The molecule has 0 spiro atoms. The first-order chi connectivity index (χ1) is 9.40. The number of ether oxygens (including phenoxy) is 2. The number of methoxy groups -OCH3 is 1. The second-order valence-corrected chi connectivity index (χ2v) is 5.24. The lowest BCUT2D eigenvalue weighted by molar-refractivity contribution is -0.132. The molecule has 0 radical (unpaired) electrons. The van der Waals surface area contributed by atoms with E-state index in [0.717, 1.165) is 6.42 Å². The third-order valence-electron chi connectivity index (χ3n) is 3.24. The predicted octanol–water partition coefficient (Wildman–Crippen LogP) is 2.39. The molecule has 1 aliphatic rings. The molecular formula is C15H19NO4. The van der Waals surface area contributed by atoms with Crippen LogP contribution in [-0.4, -0.2) is 31.1 Å². The molecule has 0 unspecified atom stereocenters. The normalized spacial score (nSPS) is 16.4. The van der Waals surface area contributed by atoms with Crippen LogP contribution in [0.2, 0.25) is 0 Å². The average molecular weight is 277 g/mol. The van der Waals surface area contributed by atoms with Gasteiger partial charge in [0.05, 0.1) is 18.4 Å². The van der Waals surface area contributed by atoms with Crippen molar-refractivity contribution in [2.45, 2.75) is 32.8 Å². The summed E-state index contributed by atoms with van der Waals surface area (Å²) >= 11 is 0. The van der Waals surface area contributed by atoms with Crippen molar-refractivity contribution in [2.75, 3.05) is 18.6 Å². The Bertz CT molecular complexity index is 551. The number of hydrogen-bond acceptors (Lipinski definition) is 4. The minimum atomic E-state index is -0.894. The Morgan fingerprint density at radius 2 is 2.10 bits per heavy atom. The first kappa shape index (κ1) is 14.4. The number of anilines is 1. The van der Waals surface area contributed by atoms with E-state index in [4.69, 9.17) is 9.47 Å². The molecule has 1 aromatic rings. The second kappa shape index (κ2) is 5.15. The van der Waals surface area contributed by atoms with Gasteiger partial charge in [0.15, 0.2) is 5.60 Å². The predicted molar refractivity (Wildman–Crippen MR) is 75.1 cm³/mol. The Labute approximate surface area is 118 Å². The highest BCUT2D eigenvalue weighted by Gasteiger charge is 2.40. The van der Waals surface area contributed by atoms with Crippen molar-refractivity contribution in [3.8, 4) is 5.75 Å². The van der Waals surface area contributed by atoms with Gasteiger partial charge in [-0.15, -0.1) is 0 Å². The maximum atomic E-state index is 12.4. The summed E-state index contributed by atoms with van der Waals surface area (Å²) < 4.78 is 10.4. The maximum absolute atomic E-state index is 12.4. The van der Waals surface area contributed by atoms with Crippen molar-refractivity contribution >= 4 is 17.6 Å². The summed E-state index contributed by atoms with van der Waals surface area (Å²) in [4.78, 5) is 25.7. The molecular weight excluding hydrogens is 258 g/mol. The van der Waals surface area contributed by atoms with E-state index in [0.29, 0.717) is 23.5 Å². The fraction of sp³-hybridized carbons (Fsp3) is 0.467. The van der Waals surface area contributed by atoms with E-state index in [2.05, 4.69) is 0 Å². The molecule has 1 aromatic carbocycles. The molecule has 5 heteroatoms. The molecule has 1 amide bonds. The molecule has 1 aliphatic heterocycles. The molecule has 0 saturated carbocycles. The smallest absolute Gasteiger partial charge is 0.337 e. The van der Waals surface area contributed by atoms with Gasteiger partial charge in [-0.25, -0.2) is 4.79 Å². The number of nitrogens with zero attached hydrogens (tertiary/aromatic N) is 1. The van der Waals surface area contributed by atoms with Crippen LogP contribution in [-0.2, 0) is 9.53 Å². The van der Waals surface area contributed by atoms with Crippen LogP contribution in [0.25, 0.3) is 0 Å². The second-order valence-electron chi connectivity index (χ2n) is 5.24. The first-order valence-electron chi connectivity index (χ1n) is 6.64. The number of esters is 1. The van der Waals surface area contributed by atoms with E-state index < -0.39 is 11.6 Å². The summed E-state index contributed by atoms with van der Waals surface area (Å²) in [6.07, 6.45) is 0.823. The Hall–Kier alpha value is -2.04. The van der Waals surface area contributed by atoms with Gasteiger partial charge in [-0.05, 0) is 38.5 Å². The Morgan fingerprint density at radius 1 is 1.40 bits per heavy atom. The number of hydrogen-bond donors (Lipinski definition) is 0. The van der Waals surface area contributed by atoms with Crippen LogP contribution in [0.1, 0.15) is 37.6 Å². The number of benzene rings is 1. The van der Waals surface area contributed by atoms with Gasteiger partial charge in [0.2, 0.25) is 0 Å². The van der Waals surface area contributed by atoms with Gasteiger partial charge >= 0.3 is 5.97 Å². The lowest BCUT2D eigenvalue weighted by Gasteiger charge is -2.38. The van der Waals surface area contributed by atoms with Crippen LogP contribution in [0.5, 0.6) is 5.75 Å². The highest BCUT2D eigenvalue weighted by Crippen LogP contribution is 2.38. The highest BCUT2D eigenvalue weighted by molar-refractivity contribution is 6.03. The van der Waals surface area contributed by atoms with Crippen LogP contribution in [0.15, 0.2) is 18.2 Å². The monoisotopic (exact) mass is 277 g/mol. The first-order valence-corrected chi connectivity index (χ1v) is 6.64. The number of carbonyl (C=O) groups is 2. The summed E-state index contributed by atoms with van der Waals surface area (Å²) in [6.45, 7) is 6.08. The summed E-state index contributed by atoms with van der Waals surface area (Å²) in [7, 11) is 1.33. The zero-order chi connectivity index (χ0) is 14.9. The highest BCUT2D eigenvalue weighted by atomic mass is 16.5. The average Bonchev–Trinajstić information content (AvgIpc) is 2.42. The third kappa shape index (κ3) is 2.35. The lowest BCUT2D eigenvalue weighted by atomic mass is 10.0. The van der Waals surface area contributed by atoms with Crippen LogP contribution >= 0.6 is 0 Å². The van der Waals surface area contributed by atoms with Gasteiger partial charge in [0, 0.05) is 6.54 Å². The van der Waals surface area contributed by atoms with Gasteiger partial charge < -0.3 is 14.4 Å². The summed E-state index contributed by atoms with van der Waals surface area (Å²) in [6, 6.07) is 4.99. The number of rotatable bonds is 3. The zero-order valence-corrected chi connectivity index (χ0v) is 12.2. The van der Waals surface area contributed by atoms with E-state index in [9.17, 15) is 9.59 Å². The minimum Gasteiger partial charge on any atom is -0.476 e. The molecule has 108 valence electrons. The fourth-order valence-corrected chi connectivity index (χ4v) is 2.26. The van der Waals surface area contributed by atoms with Gasteiger partial charge in [-0.1, -0.05) is 6.92 Å². The molecule has 20 heavy (non-hydrogen) atoms. The molecule has 5 nitrogen and oxygen atoms in total. The molecule has 2 rings (SSSR count). The van der Waals surface area contributed by atoms with Crippen molar-refractivity contribution in [1.29, 1.82) is 0 Å². The van der Waals surface area contributed by atoms with Crippen molar-refractivity contribution in [3.05, 3.63) is 23.8 Å². The van der Waals surface area contributed by atoms with E-state index >= 15 is 0 Å². The fourth-order valence-electron chi connectivity index (χ4n) is 2.26. The standard InChI is InChI=1S/C15H19NO4/c1-5-8-16-11-9-10(13(17)19-4)6-7-12(11)20-15(2,3)14(16)18/h6-7,9H,5,8H2,1-4H3. The van der Waals surface area contributed by atoms with E-state index in [1.807, 2.05) is 6.92 Å². The number of amides is 1.